The fourth-order valence-electron chi connectivity index (χ4n) is 4.48. The molecule has 4 heteroatoms. The first kappa shape index (κ1) is 17.7. The molecule has 0 bridgehead atoms. The summed E-state index contributed by atoms with van der Waals surface area (Å²) in [6.07, 6.45) is 10.7. The Morgan fingerprint density at radius 1 is 1.12 bits per heavy atom. The van der Waals surface area contributed by atoms with Crippen LogP contribution in [0.2, 0.25) is 5.02 Å². The third-order valence-electron chi connectivity index (χ3n) is 5.81. The van der Waals surface area contributed by atoms with Crippen molar-refractivity contribution in [1.82, 2.24) is 4.98 Å². The Balaban J connectivity index is 1.68. The molecule has 138 valence electrons. The summed E-state index contributed by atoms with van der Waals surface area (Å²) < 4.78 is 6.02. The summed E-state index contributed by atoms with van der Waals surface area (Å²) in [5, 5.41) is 0.792. The van der Waals surface area contributed by atoms with Gasteiger partial charge in [0.25, 0.3) is 0 Å². The van der Waals surface area contributed by atoms with E-state index >= 15 is 0 Å². The van der Waals surface area contributed by atoms with Gasteiger partial charge < -0.3 is 9.64 Å². The summed E-state index contributed by atoms with van der Waals surface area (Å²) in [5.41, 5.74) is 5.64. The standard InChI is InChI=1S/C22H27ClN2O/c1-15-12-24-13-16(2)22(15)18-10-21-20(11-19(18)23)25(8-9-26-21)14-17-6-4-3-5-7-17/h10-13,17H,3-9,14H2,1-2H3. The first-order valence-corrected chi connectivity index (χ1v) is 10.1. The third kappa shape index (κ3) is 3.42. The first-order valence-electron chi connectivity index (χ1n) is 9.76. The number of halogens is 1. The van der Waals surface area contributed by atoms with Gasteiger partial charge in [-0.25, -0.2) is 0 Å². The smallest absolute Gasteiger partial charge is 0.143 e. The first-order chi connectivity index (χ1) is 12.6. The summed E-state index contributed by atoms with van der Waals surface area (Å²) in [5.74, 6) is 1.76. The highest BCUT2D eigenvalue weighted by atomic mass is 35.5. The molecular weight excluding hydrogens is 344 g/mol. The van der Waals surface area contributed by atoms with E-state index in [0.717, 1.165) is 58.8 Å². The van der Waals surface area contributed by atoms with E-state index in [1.54, 1.807) is 0 Å². The predicted octanol–water partition coefficient (Wildman–Crippen LogP) is 5.80. The van der Waals surface area contributed by atoms with E-state index in [-0.39, 0.29) is 0 Å². The van der Waals surface area contributed by atoms with Crippen molar-refractivity contribution in [2.24, 2.45) is 5.92 Å². The molecule has 3 nitrogen and oxygen atoms in total. The monoisotopic (exact) mass is 370 g/mol. The molecule has 0 amide bonds. The quantitative estimate of drug-likeness (QED) is 0.682. The zero-order chi connectivity index (χ0) is 18.1. The highest BCUT2D eigenvalue weighted by Crippen LogP contribution is 2.42. The van der Waals surface area contributed by atoms with Gasteiger partial charge in [-0.2, -0.15) is 0 Å². The number of aryl methyl sites for hydroxylation is 2. The molecule has 1 aromatic heterocycles. The van der Waals surface area contributed by atoms with Crippen LogP contribution in [-0.4, -0.2) is 24.7 Å². The second kappa shape index (κ2) is 7.48. The Bertz CT molecular complexity index is 779. The molecule has 1 fully saturated rings. The summed E-state index contributed by atoms with van der Waals surface area (Å²) in [6, 6.07) is 4.23. The largest absolute Gasteiger partial charge is 0.490 e. The molecule has 0 radical (unpaired) electrons. The lowest BCUT2D eigenvalue weighted by molar-refractivity contribution is 0.292. The number of hydrogen-bond donors (Lipinski definition) is 0. The number of ether oxygens (including phenoxy) is 1. The summed E-state index contributed by atoms with van der Waals surface area (Å²) in [6.45, 7) is 6.99. The van der Waals surface area contributed by atoms with Gasteiger partial charge in [-0.15, -0.1) is 0 Å². The molecule has 1 aliphatic carbocycles. The van der Waals surface area contributed by atoms with Crippen LogP contribution in [0.3, 0.4) is 0 Å². The van der Waals surface area contributed by atoms with Crippen molar-refractivity contribution in [3.8, 4) is 16.9 Å². The second-order valence-electron chi connectivity index (χ2n) is 7.75. The Labute approximate surface area is 161 Å². The molecule has 0 atom stereocenters. The molecule has 0 unspecified atom stereocenters. The van der Waals surface area contributed by atoms with Crippen LogP contribution in [0, 0.1) is 19.8 Å². The van der Waals surface area contributed by atoms with Gasteiger partial charge in [-0.1, -0.05) is 30.9 Å². The number of aromatic nitrogens is 1. The number of hydrogen-bond acceptors (Lipinski definition) is 3. The normalized spacial score (nSPS) is 17.7. The second-order valence-corrected chi connectivity index (χ2v) is 8.15. The third-order valence-corrected chi connectivity index (χ3v) is 6.12. The topological polar surface area (TPSA) is 25.4 Å². The highest BCUT2D eigenvalue weighted by molar-refractivity contribution is 6.33. The van der Waals surface area contributed by atoms with Crippen LogP contribution in [-0.2, 0) is 0 Å². The van der Waals surface area contributed by atoms with Gasteiger partial charge in [-0.3, -0.25) is 4.98 Å². The number of anilines is 1. The molecule has 2 aromatic rings. The Kier molecular flexibility index (Phi) is 5.08. The number of fused-ring (bicyclic) bond motifs is 1. The van der Waals surface area contributed by atoms with Gasteiger partial charge >= 0.3 is 0 Å². The fourth-order valence-corrected chi connectivity index (χ4v) is 4.73. The van der Waals surface area contributed by atoms with Crippen LogP contribution in [0.1, 0.15) is 43.2 Å². The minimum Gasteiger partial charge on any atom is -0.490 e. The van der Waals surface area contributed by atoms with Crippen LogP contribution >= 0.6 is 11.6 Å². The SMILES string of the molecule is Cc1cncc(C)c1-c1cc2c(cc1Cl)N(CC1CCCCC1)CCO2. The van der Waals surface area contributed by atoms with Crippen molar-refractivity contribution >= 4 is 17.3 Å². The van der Waals surface area contributed by atoms with Crippen molar-refractivity contribution in [3.63, 3.8) is 0 Å². The van der Waals surface area contributed by atoms with Crippen LogP contribution in [0.5, 0.6) is 5.75 Å². The lowest BCUT2D eigenvalue weighted by Crippen LogP contribution is -2.37. The van der Waals surface area contributed by atoms with Crippen LogP contribution in [0.25, 0.3) is 11.1 Å². The zero-order valence-electron chi connectivity index (χ0n) is 15.7. The van der Waals surface area contributed by atoms with E-state index in [2.05, 4.69) is 35.9 Å². The van der Waals surface area contributed by atoms with Crippen LogP contribution in [0.4, 0.5) is 5.69 Å². The van der Waals surface area contributed by atoms with Gasteiger partial charge in [0.15, 0.2) is 0 Å². The molecule has 1 aromatic carbocycles. The lowest BCUT2D eigenvalue weighted by atomic mass is 9.88. The number of rotatable bonds is 3. The summed E-state index contributed by atoms with van der Waals surface area (Å²) in [7, 11) is 0. The van der Waals surface area contributed by atoms with Crippen molar-refractivity contribution < 1.29 is 4.74 Å². The zero-order valence-corrected chi connectivity index (χ0v) is 16.5. The Morgan fingerprint density at radius 3 is 2.58 bits per heavy atom. The Morgan fingerprint density at radius 2 is 1.85 bits per heavy atom. The molecular formula is C22H27ClN2O. The maximum atomic E-state index is 6.75. The lowest BCUT2D eigenvalue weighted by Gasteiger charge is -2.35. The number of nitrogens with zero attached hydrogens (tertiary/aromatic N) is 2. The summed E-state index contributed by atoms with van der Waals surface area (Å²) in [4.78, 5) is 6.76. The minimum absolute atomic E-state index is 0.745. The molecule has 26 heavy (non-hydrogen) atoms. The fraction of sp³-hybridized carbons (Fsp3) is 0.500. The van der Waals surface area contributed by atoms with E-state index in [4.69, 9.17) is 16.3 Å². The molecule has 0 N–H and O–H groups in total. The molecule has 2 heterocycles. The molecule has 1 saturated carbocycles. The van der Waals surface area contributed by atoms with Crippen molar-refractivity contribution in [2.45, 2.75) is 46.0 Å². The van der Waals surface area contributed by atoms with Crippen LogP contribution in [0.15, 0.2) is 24.5 Å². The molecule has 0 saturated heterocycles. The van der Waals surface area contributed by atoms with Gasteiger partial charge in [0.05, 0.1) is 17.3 Å². The maximum absolute atomic E-state index is 6.75. The molecule has 0 spiro atoms. The van der Waals surface area contributed by atoms with E-state index < -0.39 is 0 Å². The van der Waals surface area contributed by atoms with Crippen molar-refractivity contribution in [1.29, 1.82) is 0 Å². The number of benzene rings is 1. The molecule has 2 aliphatic rings. The van der Waals surface area contributed by atoms with Gasteiger partial charge in [-0.05, 0) is 61.4 Å². The average molecular weight is 371 g/mol. The predicted molar refractivity (Wildman–Crippen MR) is 108 cm³/mol. The number of pyridine rings is 1. The van der Waals surface area contributed by atoms with E-state index in [1.807, 2.05) is 12.4 Å². The van der Waals surface area contributed by atoms with Gasteiger partial charge in [0.2, 0.25) is 0 Å². The average Bonchev–Trinajstić information content (AvgIpc) is 2.63. The van der Waals surface area contributed by atoms with E-state index in [1.165, 1.54) is 37.7 Å². The van der Waals surface area contributed by atoms with Crippen molar-refractivity contribution in [3.05, 3.63) is 40.7 Å². The van der Waals surface area contributed by atoms with E-state index in [0.29, 0.717) is 0 Å². The minimum atomic E-state index is 0.745. The summed E-state index contributed by atoms with van der Waals surface area (Å²) >= 11 is 6.75. The van der Waals surface area contributed by atoms with Crippen LogP contribution < -0.4 is 9.64 Å². The van der Waals surface area contributed by atoms with Crippen molar-refractivity contribution in [2.75, 3.05) is 24.6 Å². The van der Waals surface area contributed by atoms with E-state index in [9.17, 15) is 0 Å². The highest BCUT2D eigenvalue weighted by Gasteiger charge is 2.25. The van der Waals surface area contributed by atoms with Gasteiger partial charge in [0, 0.05) is 24.5 Å². The molecule has 1 aliphatic heterocycles. The Hall–Kier alpha value is -1.74. The maximum Gasteiger partial charge on any atom is 0.143 e. The molecule has 4 rings (SSSR count). The van der Waals surface area contributed by atoms with Gasteiger partial charge in [0.1, 0.15) is 12.4 Å².